The predicted octanol–water partition coefficient (Wildman–Crippen LogP) is 3.94. The van der Waals surface area contributed by atoms with Gasteiger partial charge in [-0.25, -0.2) is 0 Å². The van der Waals surface area contributed by atoms with Crippen LogP contribution in [-0.2, 0) is 14.2 Å². The molecule has 1 aromatic carbocycles. The highest BCUT2D eigenvalue weighted by Crippen LogP contribution is 2.29. The van der Waals surface area contributed by atoms with Gasteiger partial charge in [0.15, 0.2) is 6.29 Å². The first-order valence-corrected chi connectivity index (χ1v) is 11.4. The smallest absolute Gasteiger partial charge is 0.215 e. The number of nitrogens with zero attached hydrogens (tertiary/aromatic N) is 2. The lowest BCUT2D eigenvalue weighted by molar-refractivity contribution is -0.165. The van der Waals surface area contributed by atoms with Crippen molar-refractivity contribution < 1.29 is 18.9 Å². The van der Waals surface area contributed by atoms with Crippen molar-refractivity contribution in [1.29, 1.82) is 0 Å². The van der Waals surface area contributed by atoms with Crippen molar-refractivity contribution in [2.75, 3.05) is 62.9 Å². The van der Waals surface area contributed by atoms with Crippen LogP contribution in [0.2, 0.25) is 0 Å². The van der Waals surface area contributed by atoms with Crippen molar-refractivity contribution in [2.45, 2.75) is 32.5 Å². The molecule has 0 saturated carbocycles. The van der Waals surface area contributed by atoms with Gasteiger partial charge in [0.25, 0.3) is 0 Å². The van der Waals surface area contributed by atoms with Gasteiger partial charge in [0.2, 0.25) is 5.88 Å². The molecule has 2 saturated heterocycles. The lowest BCUT2D eigenvalue weighted by Gasteiger charge is -2.28. The van der Waals surface area contributed by atoms with Crippen LogP contribution in [0, 0.1) is 0 Å². The highest BCUT2D eigenvalue weighted by atomic mass is 16.7. The fourth-order valence-corrected chi connectivity index (χ4v) is 3.87. The van der Waals surface area contributed by atoms with Crippen LogP contribution in [0.25, 0.3) is 11.1 Å². The molecule has 31 heavy (non-hydrogen) atoms. The number of anilines is 2. The van der Waals surface area contributed by atoms with Gasteiger partial charge in [-0.15, -0.1) is 0 Å². The van der Waals surface area contributed by atoms with Crippen molar-refractivity contribution in [2.24, 2.45) is 0 Å². The van der Waals surface area contributed by atoms with Crippen LogP contribution in [0.5, 0.6) is 5.88 Å². The summed E-state index contributed by atoms with van der Waals surface area (Å²) in [5, 5.41) is 3.38. The van der Waals surface area contributed by atoms with E-state index in [0.29, 0.717) is 32.3 Å². The van der Waals surface area contributed by atoms with Crippen molar-refractivity contribution >= 4 is 11.5 Å². The first-order chi connectivity index (χ1) is 15.3. The minimum absolute atomic E-state index is 0.102. The third-order valence-corrected chi connectivity index (χ3v) is 5.48. The number of ether oxygens (including phenoxy) is 4. The summed E-state index contributed by atoms with van der Waals surface area (Å²) in [7, 11) is 0. The van der Waals surface area contributed by atoms with Crippen LogP contribution >= 0.6 is 0 Å². The average molecular weight is 428 g/mol. The Bertz CT molecular complexity index is 820. The standard InChI is InChI=1S/C24H33N3O4/c1-2-25-21-7-5-6-19(16-21)20-17-22(27-9-12-28-13-10-27)26-23(18-20)29-14-15-31-24-8-3-4-11-30-24/h5-7,16-18,24-25H,2-4,8-15H2,1H3. The summed E-state index contributed by atoms with van der Waals surface area (Å²) in [5.41, 5.74) is 3.32. The second-order valence-electron chi connectivity index (χ2n) is 7.78. The Labute approximate surface area is 184 Å². The highest BCUT2D eigenvalue weighted by molar-refractivity contribution is 5.71. The normalized spacial score (nSPS) is 19.3. The SMILES string of the molecule is CCNc1cccc(-c2cc(OCCOC3CCCCO3)nc(N3CCOCC3)c2)c1. The summed E-state index contributed by atoms with van der Waals surface area (Å²) in [6, 6.07) is 12.6. The maximum Gasteiger partial charge on any atom is 0.215 e. The van der Waals surface area contributed by atoms with Crippen LogP contribution in [0.3, 0.4) is 0 Å². The second-order valence-corrected chi connectivity index (χ2v) is 7.78. The summed E-state index contributed by atoms with van der Waals surface area (Å²) >= 11 is 0. The van der Waals surface area contributed by atoms with Crippen LogP contribution in [0.4, 0.5) is 11.5 Å². The number of nitrogens with one attached hydrogen (secondary N) is 1. The monoisotopic (exact) mass is 427 g/mol. The van der Waals surface area contributed by atoms with Gasteiger partial charge in [-0.3, -0.25) is 0 Å². The molecule has 1 aromatic heterocycles. The quantitative estimate of drug-likeness (QED) is 0.608. The number of morpholine rings is 1. The first kappa shape index (κ1) is 21.9. The van der Waals surface area contributed by atoms with E-state index in [2.05, 4.69) is 47.5 Å². The molecule has 1 N–H and O–H groups in total. The molecule has 7 nitrogen and oxygen atoms in total. The fraction of sp³-hybridized carbons (Fsp3) is 0.542. The van der Waals surface area contributed by atoms with E-state index in [-0.39, 0.29) is 6.29 Å². The minimum atomic E-state index is -0.102. The van der Waals surface area contributed by atoms with E-state index >= 15 is 0 Å². The topological polar surface area (TPSA) is 65.1 Å². The summed E-state index contributed by atoms with van der Waals surface area (Å²) in [5.74, 6) is 1.53. The molecule has 1 atom stereocenters. The molecule has 0 aliphatic carbocycles. The van der Waals surface area contributed by atoms with Gasteiger partial charge >= 0.3 is 0 Å². The van der Waals surface area contributed by atoms with E-state index in [1.807, 2.05) is 6.07 Å². The van der Waals surface area contributed by atoms with Crippen LogP contribution in [-0.4, -0.2) is 63.9 Å². The molecule has 2 aromatic rings. The fourth-order valence-electron chi connectivity index (χ4n) is 3.87. The lowest BCUT2D eigenvalue weighted by Crippen LogP contribution is -2.36. The molecule has 2 aliphatic rings. The highest BCUT2D eigenvalue weighted by Gasteiger charge is 2.16. The molecular formula is C24H33N3O4. The average Bonchev–Trinajstić information content (AvgIpc) is 2.83. The van der Waals surface area contributed by atoms with E-state index in [4.69, 9.17) is 23.9 Å². The molecule has 0 bridgehead atoms. The van der Waals surface area contributed by atoms with E-state index in [0.717, 1.165) is 68.1 Å². The van der Waals surface area contributed by atoms with Crippen molar-refractivity contribution in [1.82, 2.24) is 4.98 Å². The van der Waals surface area contributed by atoms with Crippen molar-refractivity contribution in [3.05, 3.63) is 36.4 Å². The number of rotatable bonds is 9. The second kappa shape index (κ2) is 11.3. The third-order valence-electron chi connectivity index (χ3n) is 5.48. The lowest BCUT2D eigenvalue weighted by atomic mass is 10.1. The van der Waals surface area contributed by atoms with E-state index < -0.39 is 0 Å². The first-order valence-electron chi connectivity index (χ1n) is 11.4. The largest absolute Gasteiger partial charge is 0.475 e. The van der Waals surface area contributed by atoms with Gasteiger partial charge in [0, 0.05) is 38.0 Å². The van der Waals surface area contributed by atoms with Gasteiger partial charge in [-0.2, -0.15) is 4.98 Å². The van der Waals surface area contributed by atoms with Gasteiger partial charge in [0.1, 0.15) is 12.4 Å². The maximum absolute atomic E-state index is 6.00. The number of hydrogen-bond acceptors (Lipinski definition) is 7. The Kier molecular flexibility index (Phi) is 7.98. The van der Waals surface area contributed by atoms with Crippen LogP contribution < -0.4 is 15.0 Å². The van der Waals surface area contributed by atoms with Gasteiger partial charge < -0.3 is 29.2 Å². The van der Waals surface area contributed by atoms with E-state index in [1.54, 1.807) is 0 Å². The molecule has 0 amide bonds. The summed E-state index contributed by atoms with van der Waals surface area (Å²) in [6.45, 7) is 7.78. The Morgan fingerprint density at radius 2 is 1.97 bits per heavy atom. The summed E-state index contributed by atoms with van der Waals surface area (Å²) in [4.78, 5) is 7.02. The molecular weight excluding hydrogens is 394 g/mol. The van der Waals surface area contributed by atoms with E-state index in [1.165, 1.54) is 0 Å². The Hall–Kier alpha value is -2.35. The van der Waals surface area contributed by atoms with Crippen molar-refractivity contribution in [3.8, 4) is 17.0 Å². The molecule has 2 aliphatic heterocycles. The number of benzene rings is 1. The Balaban J connectivity index is 1.48. The molecule has 0 radical (unpaired) electrons. The van der Waals surface area contributed by atoms with Gasteiger partial charge in [0.05, 0.1) is 19.8 Å². The zero-order chi connectivity index (χ0) is 21.3. The molecule has 7 heteroatoms. The molecule has 0 spiro atoms. The zero-order valence-electron chi connectivity index (χ0n) is 18.3. The van der Waals surface area contributed by atoms with Gasteiger partial charge in [-0.05, 0) is 55.5 Å². The molecule has 4 rings (SSSR count). The molecule has 1 unspecified atom stereocenters. The minimum Gasteiger partial charge on any atom is -0.475 e. The molecule has 3 heterocycles. The van der Waals surface area contributed by atoms with Crippen LogP contribution in [0.1, 0.15) is 26.2 Å². The van der Waals surface area contributed by atoms with Crippen molar-refractivity contribution in [3.63, 3.8) is 0 Å². The summed E-state index contributed by atoms with van der Waals surface area (Å²) in [6.07, 6.45) is 3.13. The molecule has 2 fully saturated rings. The Morgan fingerprint density at radius 3 is 2.77 bits per heavy atom. The summed E-state index contributed by atoms with van der Waals surface area (Å²) < 4.78 is 22.9. The number of hydrogen-bond donors (Lipinski definition) is 1. The third kappa shape index (κ3) is 6.32. The number of pyridine rings is 1. The van der Waals surface area contributed by atoms with E-state index in [9.17, 15) is 0 Å². The molecule has 168 valence electrons. The number of aromatic nitrogens is 1. The van der Waals surface area contributed by atoms with Gasteiger partial charge in [-0.1, -0.05) is 12.1 Å². The van der Waals surface area contributed by atoms with Crippen LogP contribution in [0.15, 0.2) is 36.4 Å². The maximum atomic E-state index is 6.00. The zero-order valence-corrected chi connectivity index (χ0v) is 18.3. The Morgan fingerprint density at radius 1 is 1.06 bits per heavy atom. The predicted molar refractivity (Wildman–Crippen MR) is 122 cm³/mol.